The van der Waals surface area contributed by atoms with E-state index in [0.717, 1.165) is 25.9 Å². The van der Waals surface area contributed by atoms with Gasteiger partial charge in [0.1, 0.15) is 5.60 Å². The highest BCUT2D eigenvalue weighted by Gasteiger charge is 2.49. The Morgan fingerprint density at radius 2 is 2.12 bits per heavy atom. The third kappa shape index (κ3) is 3.65. The zero-order valence-electron chi connectivity index (χ0n) is 14.5. The van der Waals surface area contributed by atoms with Crippen LogP contribution in [0.4, 0.5) is 0 Å². The zero-order chi connectivity index (χ0) is 17.8. The lowest BCUT2D eigenvalue weighted by atomic mass is 9.79. The molecule has 2 aliphatic heterocycles. The Kier molecular flexibility index (Phi) is 4.75. The van der Waals surface area contributed by atoms with E-state index in [2.05, 4.69) is 20.2 Å². The van der Waals surface area contributed by atoms with Crippen molar-refractivity contribution < 1.29 is 14.3 Å². The van der Waals surface area contributed by atoms with E-state index >= 15 is 0 Å². The molecule has 26 heavy (non-hydrogen) atoms. The third-order valence-corrected chi connectivity index (χ3v) is 4.97. The first-order valence-corrected chi connectivity index (χ1v) is 8.84. The molecule has 1 amide bonds. The van der Waals surface area contributed by atoms with Crippen LogP contribution in [-0.2, 0) is 4.74 Å². The van der Waals surface area contributed by atoms with Gasteiger partial charge in [0.15, 0.2) is 0 Å². The van der Waals surface area contributed by atoms with Crippen LogP contribution in [0.2, 0.25) is 0 Å². The second-order valence-corrected chi connectivity index (χ2v) is 6.85. The van der Waals surface area contributed by atoms with Gasteiger partial charge in [-0.3, -0.25) is 4.79 Å². The summed E-state index contributed by atoms with van der Waals surface area (Å²) in [5.74, 6) is 0.508. The normalized spacial score (nSPS) is 21.2. The van der Waals surface area contributed by atoms with E-state index in [1.165, 1.54) is 12.4 Å². The van der Waals surface area contributed by atoms with Crippen molar-refractivity contribution in [3.63, 3.8) is 0 Å². The monoisotopic (exact) mass is 355 g/mol. The average Bonchev–Trinajstić information content (AvgIpc) is 2.67. The Morgan fingerprint density at radius 3 is 2.88 bits per heavy atom. The summed E-state index contributed by atoms with van der Waals surface area (Å²) in [7, 11) is 0. The average molecular weight is 355 g/mol. The number of amides is 1. The van der Waals surface area contributed by atoms with Crippen LogP contribution in [0.15, 0.2) is 36.9 Å². The van der Waals surface area contributed by atoms with Crippen LogP contribution in [0.5, 0.6) is 6.01 Å². The Hall–Kier alpha value is -2.61. The minimum atomic E-state index is -0.206. The molecule has 1 spiro atoms. The fourth-order valence-electron chi connectivity index (χ4n) is 3.67. The molecule has 0 bridgehead atoms. The minimum absolute atomic E-state index is 0.0131. The molecule has 0 aromatic carbocycles. The molecule has 8 nitrogen and oxygen atoms in total. The van der Waals surface area contributed by atoms with Crippen molar-refractivity contribution in [3.05, 3.63) is 42.5 Å². The summed E-state index contributed by atoms with van der Waals surface area (Å²) >= 11 is 0. The topological polar surface area (TPSA) is 90.3 Å². The second-order valence-electron chi connectivity index (χ2n) is 6.85. The van der Waals surface area contributed by atoms with Crippen LogP contribution < -0.4 is 4.74 Å². The number of nitrogens with zero attached hydrogens (tertiary/aromatic N) is 5. The highest BCUT2D eigenvalue weighted by atomic mass is 16.5. The molecule has 2 aromatic rings. The fourth-order valence-corrected chi connectivity index (χ4v) is 3.67. The van der Waals surface area contributed by atoms with E-state index in [1.54, 1.807) is 24.5 Å². The maximum Gasteiger partial charge on any atom is 0.316 e. The molecule has 136 valence electrons. The van der Waals surface area contributed by atoms with Gasteiger partial charge in [0.05, 0.1) is 37.7 Å². The molecule has 2 fully saturated rings. The third-order valence-electron chi connectivity index (χ3n) is 4.97. The smallest absolute Gasteiger partial charge is 0.316 e. The number of hydrogen-bond acceptors (Lipinski definition) is 7. The van der Waals surface area contributed by atoms with Crippen molar-refractivity contribution >= 4 is 5.91 Å². The van der Waals surface area contributed by atoms with Gasteiger partial charge in [-0.15, -0.1) is 0 Å². The molecule has 4 rings (SSSR count). The van der Waals surface area contributed by atoms with Crippen molar-refractivity contribution in [2.45, 2.75) is 24.9 Å². The lowest BCUT2D eigenvalue weighted by Crippen LogP contribution is -2.66. The van der Waals surface area contributed by atoms with Gasteiger partial charge in [0.25, 0.3) is 5.91 Å². The summed E-state index contributed by atoms with van der Waals surface area (Å²) in [6, 6.07) is 3.87. The number of rotatable bonds is 5. The van der Waals surface area contributed by atoms with E-state index in [9.17, 15) is 4.79 Å². The van der Waals surface area contributed by atoms with Crippen molar-refractivity contribution in [2.75, 3.05) is 26.3 Å². The largest absolute Gasteiger partial charge is 0.463 e. The van der Waals surface area contributed by atoms with E-state index in [1.807, 2.05) is 4.90 Å². The number of likely N-dealkylation sites (tertiary alicyclic amines) is 1. The van der Waals surface area contributed by atoms with Crippen molar-refractivity contribution in [1.29, 1.82) is 0 Å². The van der Waals surface area contributed by atoms with Crippen molar-refractivity contribution in [3.8, 4) is 6.01 Å². The summed E-state index contributed by atoms with van der Waals surface area (Å²) in [5.41, 5.74) is 0.362. The summed E-state index contributed by atoms with van der Waals surface area (Å²) in [5, 5.41) is 7.48. The molecule has 1 unspecified atom stereocenters. The Morgan fingerprint density at radius 1 is 1.27 bits per heavy atom. The van der Waals surface area contributed by atoms with E-state index < -0.39 is 0 Å². The molecule has 2 aromatic heterocycles. The van der Waals surface area contributed by atoms with Gasteiger partial charge in [-0.2, -0.15) is 10.2 Å². The summed E-state index contributed by atoms with van der Waals surface area (Å²) in [4.78, 5) is 22.4. The zero-order valence-corrected chi connectivity index (χ0v) is 14.5. The Labute approximate surface area is 151 Å². The van der Waals surface area contributed by atoms with E-state index in [-0.39, 0.29) is 11.5 Å². The fraction of sp³-hybridized carbons (Fsp3) is 0.500. The number of ether oxygens (including phenoxy) is 2. The second kappa shape index (κ2) is 7.33. The molecule has 0 saturated carbocycles. The Balaban J connectivity index is 1.26. The molecule has 2 aliphatic rings. The molecule has 0 N–H and O–H groups in total. The summed E-state index contributed by atoms with van der Waals surface area (Å²) < 4.78 is 11.6. The van der Waals surface area contributed by atoms with Crippen LogP contribution >= 0.6 is 0 Å². The molecule has 4 heterocycles. The van der Waals surface area contributed by atoms with Crippen LogP contribution in [0.25, 0.3) is 0 Å². The molecule has 8 heteroatoms. The molecular formula is C18H21N5O3. The molecule has 0 radical (unpaired) electrons. The van der Waals surface area contributed by atoms with Gasteiger partial charge in [-0.25, -0.2) is 9.97 Å². The van der Waals surface area contributed by atoms with Gasteiger partial charge in [0, 0.05) is 19.0 Å². The SMILES string of the molecule is O=C(c1ccnnc1)N1CC2(CC(CCOc3ncccn3)CCO2)C1. The standard InChI is InChI=1S/C18H21N5O3/c24-16(15-2-7-21-22-11-15)23-12-18(13-23)10-14(4-9-26-18)3-8-25-17-19-5-1-6-20-17/h1-2,5-7,11,14H,3-4,8-10,12-13H2. The number of carbonyl (C=O) groups is 1. The highest BCUT2D eigenvalue weighted by Crippen LogP contribution is 2.38. The van der Waals surface area contributed by atoms with E-state index in [4.69, 9.17) is 9.47 Å². The van der Waals surface area contributed by atoms with Gasteiger partial charge < -0.3 is 14.4 Å². The first-order chi connectivity index (χ1) is 12.7. The van der Waals surface area contributed by atoms with Crippen molar-refractivity contribution in [1.82, 2.24) is 25.1 Å². The highest BCUT2D eigenvalue weighted by molar-refractivity contribution is 5.94. The lowest BCUT2D eigenvalue weighted by molar-refractivity contribution is -0.166. The van der Waals surface area contributed by atoms with Gasteiger partial charge >= 0.3 is 6.01 Å². The predicted molar refractivity (Wildman–Crippen MR) is 91.5 cm³/mol. The summed E-state index contributed by atoms with van der Waals surface area (Å²) in [6.07, 6.45) is 9.28. The van der Waals surface area contributed by atoms with Crippen LogP contribution in [0.3, 0.4) is 0 Å². The van der Waals surface area contributed by atoms with E-state index in [0.29, 0.717) is 37.2 Å². The maximum atomic E-state index is 12.4. The number of aromatic nitrogens is 4. The van der Waals surface area contributed by atoms with Gasteiger partial charge in [-0.1, -0.05) is 0 Å². The van der Waals surface area contributed by atoms with Crippen molar-refractivity contribution in [2.24, 2.45) is 5.92 Å². The van der Waals surface area contributed by atoms with Crippen LogP contribution in [0.1, 0.15) is 29.6 Å². The maximum absolute atomic E-state index is 12.4. The van der Waals surface area contributed by atoms with Crippen LogP contribution in [-0.4, -0.2) is 62.9 Å². The van der Waals surface area contributed by atoms with Crippen LogP contribution in [0, 0.1) is 5.92 Å². The number of hydrogen-bond donors (Lipinski definition) is 0. The molecule has 2 saturated heterocycles. The van der Waals surface area contributed by atoms with Gasteiger partial charge in [-0.05, 0) is 37.3 Å². The summed E-state index contributed by atoms with van der Waals surface area (Å²) in [6.45, 7) is 2.59. The van der Waals surface area contributed by atoms with Gasteiger partial charge in [0.2, 0.25) is 0 Å². The predicted octanol–water partition coefficient (Wildman–Crippen LogP) is 1.36. The lowest BCUT2D eigenvalue weighted by Gasteiger charge is -2.53. The quantitative estimate of drug-likeness (QED) is 0.800. The first-order valence-electron chi connectivity index (χ1n) is 8.84. The Bertz CT molecular complexity index is 737. The molecule has 1 atom stereocenters. The first kappa shape index (κ1) is 16.8. The minimum Gasteiger partial charge on any atom is -0.463 e. The molecule has 0 aliphatic carbocycles. The number of carbonyl (C=O) groups excluding carboxylic acids is 1. The molecular weight excluding hydrogens is 334 g/mol.